The van der Waals surface area contributed by atoms with Gasteiger partial charge in [-0.2, -0.15) is 5.26 Å². The summed E-state index contributed by atoms with van der Waals surface area (Å²) in [4.78, 5) is 13.7. The van der Waals surface area contributed by atoms with Gasteiger partial charge < -0.3 is 10.0 Å². The van der Waals surface area contributed by atoms with Crippen LogP contribution in [0.1, 0.15) is 43.2 Å². The quantitative estimate of drug-likeness (QED) is 0.443. The second-order valence-electron chi connectivity index (χ2n) is 8.94. The van der Waals surface area contributed by atoms with E-state index in [4.69, 9.17) is 23.2 Å². The van der Waals surface area contributed by atoms with E-state index in [2.05, 4.69) is 41.3 Å². The average molecular weight is 473 g/mol. The normalized spacial score (nSPS) is 16.9. The van der Waals surface area contributed by atoms with Crippen LogP contribution in [0, 0.1) is 22.7 Å². The Morgan fingerprint density at radius 1 is 1.06 bits per heavy atom. The second-order valence-corrected chi connectivity index (χ2v) is 9.75. The summed E-state index contributed by atoms with van der Waals surface area (Å²) in [6, 6.07) is 18.5. The minimum atomic E-state index is -0.875. The smallest absolute Gasteiger partial charge is 0.303 e. The van der Waals surface area contributed by atoms with Crippen LogP contribution in [0.3, 0.4) is 0 Å². The molecule has 0 amide bonds. The van der Waals surface area contributed by atoms with Gasteiger partial charge in [0.1, 0.15) is 0 Å². The number of aliphatic carboxylic acids is 1. The van der Waals surface area contributed by atoms with Crippen LogP contribution in [-0.4, -0.2) is 35.6 Å². The Balaban J connectivity index is 1.59. The molecule has 1 saturated heterocycles. The Hall–Kier alpha value is -2.06. The van der Waals surface area contributed by atoms with E-state index in [1.165, 1.54) is 5.56 Å². The summed E-state index contributed by atoms with van der Waals surface area (Å²) in [5, 5.41) is 20.2. The lowest BCUT2D eigenvalue weighted by atomic mass is 9.76. The van der Waals surface area contributed by atoms with E-state index in [1.807, 2.05) is 6.07 Å². The summed E-state index contributed by atoms with van der Waals surface area (Å²) < 4.78 is 0. The number of carboxylic acids is 1. The van der Waals surface area contributed by atoms with Crippen LogP contribution < -0.4 is 0 Å². The number of benzene rings is 2. The fraction of sp³-hybridized carbons (Fsp3) is 0.462. The topological polar surface area (TPSA) is 64.3 Å². The van der Waals surface area contributed by atoms with E-state index in [0.29, 0.717) is 35.2 Å². The van der Waals surface area contributed by atoms with Gasteiger partial charge in [-0.25, -0.2) is 0 Å². The third kappa shape index (κ3) is 7.24. The van der Waals surface area contributed by atoms with Crippen LogP contribution >= 0.6 is 23.2 Å². The molecule has 1 fully saturated rings. The average Bonchev–Trinajstić information content (AvgIpc) is 2.80. The third-order valence-corrected chi connectivity index (χ3v) is 7.30. The second kappa shape index (κ2) is 11.7. The lowest BCUT2D eigenvalue weighted by molar-refractivity contribution is -0.137. The van der Waals surface area contributed by atoms with Gasteiger partial charge in [-0.3, -0.25) is 4.79 Å². The van der Waals surface area contributed by atoms with E-state index in [9.17, 15) is 15.2 Å². The van der Waals surface area contributed by atoms with Crippen molar-refractivity contribution >= 4 is 29.2 Å². The van der Waals surface area contributed by atoms with Crippen molar-refractivity contribution in [3.05, 3.63) is 69.7 Å². The third-order valence-electron chi connectivity index (χ3n) is 6.56. The molecule has 1 atom stereocenters. The van der Waals surface area contributed by atoms with Crippen molar-refractivity contribution in [1.29, 1.82) is 5.26 Å². The highest BCUT2D eigenvalue weighted by Gasteiger charge is 2.32. The van der Waals surface area contributed by atoms with Gasteiger partial charge in [0.05, 0.1) is 21.5 Å². The van der Waals surface area contributed by atoms with Crippen molar-refractivity contribution in [2.75, 3.05) is 19.6 Å². The monoisotopic (exact) mass is 472 g/mol. The van der Waals surface area contributed by atoms with Crippen molar-refractivity contribution in [3.8, 4) is 6.07 Å². The molecule has 2 aromatic carbocycles. The Morgan fingerprint density at radius 2 is 1.78 bits per heavy atom. The van der Waals surface area contributed by atoms with E-state index in [-0.39, 0.29) is 6.42 Å². The van der Waals surface area contributed by atoms with Crippen molar-refractivity contribution in [3.63, 3.8) is 0 Å². The molecule has 1 unspecified atom stereocenters. The van der Waals surface area contributed by atoms with Gasteiger partial charge in [0.25, 0.3) is 0 Å². The molecule has 2 aromatic rings. The van der Waals surface area contributed by atoms with Gasteiger partial charge in [0.15, 0.2) is 0 Å². The molecule has 0 radical (unpaired) electrons. The number of nitriles is 1. The molecular formula is C26H30Cl2N2O2. The first-order valence-electron chi connectivity index (χ1n) is 11.2. The zero-order chi connectivity index (χ0) is 23.0. The molecule has 32 heavy (non-hydrogen) atoms. The molecule has 0 aromatic heterocycles. The van der Waals surface area contributed by atoms with Gasteiger partial charge in [-0.1, -0.05) is 59.6 Å². The zero-order valence-corrected chi connectivity index (χ0v) is 19.8. The Kier molecular flexibility index (Phi) is 8.99. The molecular weight excluding hydrogens is 443 g/mol. The van der Waals surface area contributed by atoms with Crippen LogP contribution in [0.4, 0.5) is 0 Å². The zero-order valence-electron chi connectivity index (χ0n) is 18.3. The number of nitrogens with zero attached hydrogens (tertiary/aromatic N) is 2. The summed E-state index contributed by atoms with van der Waals surface area (Å²) in [5.74, 6) is -0.182. The minimum Gasteiger partial charge on any atom is -0.481 e. The maximum atomic E-state index is 11.2. The molecule has 1 aliphatic heterocycles. The summed E-state index contributed by atoms with van der Waals surface area (Å²) in [6.07, 6.45) is 4.83. The van der Waals surface area contributed by atoms with Gasteiger partial charge >= 0.3 is 5.97 Å². The lowest BCUT2D eigenvalue weighted by Crippen LogP contribution is -2.37. The van der Waals surface area contributed by atoms with Crippen molar-refractivity contribution < 1.29 is 9.90 Å². The number of piperidine rings is 1. The molecule has 3 rings (SSSR count). The molecule has 1 aliphatic rings. The SMILES string of the molecule is N#CC(CCC(=O)O)(CCN1CCC(Cc2ccccc2)CC1)Cc1ccc(Cl)c(Cl)c1. The van der Waals surface area contributed by atoms with Crippen LogP contribution in [0.5, 0.6) is 0 Å². The van der Waals surface area contributed by atoms with E-state index in [0.717, 1.165) is 44.5 Å². The number of hydrogen-bond donors (Lipinski definition) is 1. The fourth-order valence-corrected chi connectivity index (χ4v) is 4.89. The number of halogens is 2. The number of likely N-dealkylation sites (tertiary alicyclic amines) is 1. The summed E-state index contributed by atoms with van der Waals surface area (Å²) in [5.41, 5.74) is 1.56. The van der Waals surface area contributed by atoms with Crippen LogP contribution in [0.25, 0.3) is 0 Å². The summed E-state index contributed by atoms with van der Waals surface area (Å²) in [7, 11) is 0. The fourth-order valence-electron chi connectivity index (χ4n) is 4.57. The highest BCUT2D eigenvalue weighted by atomic mass is 35.5. The van der Waals surface area contributed by atoms with Crippen LogP contribution in [-0.2, 0) is 17.6 Å². The van der Waals surface area contributed by atoms with E-state index < -0.39 is 11.4 Å². The number of carboxylic acid groups (broad SMARTS) is 1. The number of rotatable bonds is 10. The first-order valence-corrected chi connectivity index (χ1v) is 12.0. The minimum absolute atomic E-state index is 0.0198. The molecule has 6 heteroatoms. The highest BCUT2D eigenvalue weighted by molar-refractivity contribution is 6.42. The van der Waals surface area contributed by atoms with Gasteiger partial charge in [0, 0.05) is 6.42 Å². The predicted octanol–water partition coefficient (Wildman–Crippen LogP) is 6.26. The van der Waals surface area contributed by atoms with Crippen LogP contribution in [0.2, 0.25) is 10.0 Å². The maximum absolute atomic E-state index is 11.2. The molecule has 0 saturated carbocycles. The van der Waals surface area contributed by atoms with Gasteiger partial charge in [-0.05, 0) is 87.3 Å². The van der Waals surface area contributed by atoms with Crippen molar-refractivity contribution in [2.24, 2.45) is 11.3 Å². The first-order chi connectivity index (χ1) is 15.4. The standard InChI is InChI=1S/C26H30Cl2N2O2/c27-23-7-6-22(17-24(23)28)18-26(19-29,11-8-25(31)32)12-15-30-13-9-21(10-14-30)16-20-4-2-1-3-5-20/h1-7,17,21H,8-16,18H2,(H,31,32). The summed E-state index contributed by atoms with van der Waals surface area (Å²) >= 11 is 12.2. The molecule has 0 spiro atoms. The van der Waals surface area contributed by atoms with Gasteiger partial charge in [-0.15, -0.1) is 0 Å². The highest BCUT2D eigenvalue weighted by Crippen LogP contribution is 2.35. The molecule has 1 N–H and O–H groups in total. The molecule has 170 valence electrons. The predicted molar refractivity (Wildman–Crippen MR) is 129 cm³/mol. The molecule has 0 aliphatic carbocycles. The van der Waals surface area contributed by atoms with Crippen molar-refractivity contribution in [2.45, 2.75) is 44.9 Å². The first kappa shape index (κ1) is 24.6. The Morgan fingerprint density at radius 3 is 2.41 bits per heavy atom. The number of carbonyl (C=O) groups is 1. The lowest BCUT2D eigenvalue weighted by Gasteiger charge is -2.35. The van der Waals surface area contributed by atoms with Crippen molar-refractivity contribution in [1.82, 2.24) is 4.90 Å². The van der Waals surface area contributed by atoms with E-state index in [1.54, 1.807) is 12.1 Å². The number of hydrogen-bond acceptors (Lipinski definition) is 3. The molecule has 1 heterocycles. The molecule has 0 bridgehead atoms. The summed E-state index contributed by atoms with van der Waals surface area (Å²) in [6.45, 7) is 2.84. The Bertz CT molecular complexity index is 937. The molecule has 4 nitrogen and oxygen atoms in total. The van der Waals surface area contributed by atoms with E-state index >= 15 is 0 Å². The Labute approximate surface area is 200 Å². The van der Waals surface area contributed by atoms with Crippen LogP contribution in [0.15, 0.2) is 48.5 Å². The maximum Gasteiger partial charge on any atom is 0.303 e. The van der Waals surface area contributed by atoms with Gasteiger partial charge in [0.2, 0.25) is 0 Å². The largest absolute Gasteiger partial charge is 0.481 e.